The van der Waals surface area contributed by atoms with Crippen molar-refractivity contribution in [3.8, 4) is 11.3 Å². The Morgan fingerprint density at radius 3 is 2.69 bits per heavy atom. The fourth-order valence-electron chi connectivity index (χ4n) is 5.48. The Bertz CT molecular complexity index is 1330. The second-order valence-electron chi connectivity index (χ2n) is 10.3. The van der Waals surface area contributed by atoms with Gasteiger partial charge in [0.1, 0.15) is 11.5 Å². The Labute approximate surface area is 203 Å². The van der Waals surface area contributed by atoms with Crippen LogP contribution in [0.2, 0.25) is 0 Å². The number of halogens is 1. The van der Waals surface area contributed by atoms with Gasteiger partial charge in [0.2, 0.25) is 0 Å². The molecule has 2 saturated carbocycles. The van der Waals surface area contributed by atoms with Gasteiger partial charge in [-0.1, -0.05) is 25.0 Å². The molecule has 8 heteroatoms. The summed E-state index contributed by atoms with van der Waals surface area (Å²) in [6, 6.07) is 8.87. The molecule has 182 valence electrons. The fourth-order valence-corrected chi connectivity index (χ4v) is 5.48. The number of likely N-dealkylation sites (tertiary alicyclic amines) is 1. The van der Waals surface area contributed by atoms with Gasteiger partial charge in [0.15, 0.2) is 5.65 Å². The van der Waals surface area contributed by atoms with E-state index in [1.54, 1.807) is 28.8 Å². The van der Waals surface area contributed by atoms with Crippen LogP contribution < -0.4 is 0 Å². The molecule has 1 amide bonds. The lowest BCUT2D eigenvalue weighted by molar-refractivity contribution is -0.138. The van der Waals surface area contributed by atoms with Crippen LogP contribution in [0.4, 0.5) is 4.39 Å². The normalized spacial score (nSPS) is 24.4. The molecule has 7 nitrogen and oxygen atoms in total. The van der Waals surface area contributed by atoms with Crippen molar-refractivity contribution in [2.75, 3.05) is 6.54 Å². The molecule has 3 atom stereocenters. The van der Waals surface area contributed by atoms with E-state index in [0.717, 1.165) is 50.8 Å². The number of hydrogen-bond acceptors (Lipinski definition) is 4. The number of amides is 1. The molecule has 1 aromatic carbocycles. The van der Waals surface area contributed by atoms with Gasteiger partial charge in [-0.15, -0.1) is 0 Å². The average Bonchev–Trinajstić information content (AvgIpc) is 3.75. The molecule has 3 fully saturated rings. The first kappa shape index (κ1) is 22.2. The van der Waals surface area contributed by atoms with Gasteiger partial charge >= 0.3 is 5.97 Å². The van der Waals surface area contributed by atoms with E-state index < -0.39 is 17.7 Å². The van der Waals surface area contributed by atoms with Crippen molar-refractivity contribution in [3.63, 3.8) is 0 Å². The minimum Gasteiger partial charge on any atom is -0.481 e. The van der Waals surface area contributed by atoms with Crippen molar-refractivity contribution in [2.24, 2.45) is 5.92 Å². The molecule has 2 unspecified atom stereocenters. The van der Waals surface area contributed by atoms with E-state index in [4.69, 9.17) is 5.10 Å². The molecule has 0 radical (unpaired) electrons. The quantitative estimate of drug-likeness (QED) is 0.560. The molecule has 3 aromatic rings. The molecular weight excluding hydrogens is 447 g/mol. The summed E-state index contributed by atoms with van der Waals surface area (Å²) in [5.41, 5.74) is 3.11. The van der Waals surface area contributed by atoms with Gasteiger partial charge in [-0.2, -0.15) is 5.10 Å². The number of benzene rings is 1. The zero-order valence-electron chi connectivity index (χ0n) is 19.8. The molecule has 2 aliphatic carbocycles. The van der Waals surface area contributed by atoms with Gasteiger partial charge in [0.25, 0.3) is 5.91 Å². The van der Waals surface area contributed by atoms with E-state index in [1.807, 2.05) is 11.0 Å². The number of aliphatic carboxylic acids is 1. The zero-order chi connectivity index (χ0) is 24.3. The van der Waals surface area contributed by atoms with Gasteiger partial charge < -0.3 is 10.0 Å². The third kappa shape index (κ3) is 3.98. The molecule has 6 rings (SSSR count). The van der Waals surface area contributed by atoms with Crippen LogP contribution in [0, 0.1) is 11.7 Å². The molecule has 2 aromatic heterocycles. The summed E-state index contributed by atoms with van der Waals surface area (Å²) in [7, 11) is 0. The van der Waals surface area contributed by atoms with E-state index >= 15 is 4.39 Å². The number of fused-ring (bicyclic) bond motifs is 1. The Hall–Kier alpha value is -3.29. The van der Waals surface area contributed by atoms with Crippen LogP contribution in [0.5, 0.6) is 0 Å². The van der Waals surface area contributed by atoms with E-state index in [1.165, 1.54) is 0 Å². The number of carboxylic acid groups (broad SMARTS) is 1. The monoisotopic (exact) mass is 476 g/mol. The molecule has 35 heavy (non-hydrogen) atoms. The largest absolute Gasteiger partial charge is 0.481 e. The van der Waals surface area contributed by atoms with Crippen LogP contribution in [-0.4, -0.2) is 49.1 Å². The molecule has 3 aliphatic rings. The highest BCUT2D eigenvalue weighted by atomic mass is 19.1. The van der Waals surface area contributed by atoms with Gasteiger partial charge in [-0.3, -0.25) is 9.59 Å². The number of rotatable bonds is 5. The first-order valence-electron chi connectivity index (χ1n) is 12.7. The topological polar surface area (TPSA) is 87.8 Å². The second-order valence-corrected chi connectivity index (χ2v) is 10.3. The summed E-state index contributed by atoms with van der Waals surface area (Å²) in [6.07, 6.45) is 6.79. The van der Waals surface area contributed by atoms with Crippen molar-refractivity contribution >= 4 is 17.5 Å². The van der Waals surface area contributed by atoms with Gasteiger partial charge in [0.05, 0.1) is 11.6 Å². The lowest BCUT2D eigenvalue weighted by Gasteiger charge is -2.27. The Morgan fingerprint density at radius 2 is 1.94 bits per heavy atom. The number of carbonyl (C=O) groups is 2. The highest BCUT2D eigenvalue weighted by molar-refractivity contribution is 5.93. The second kappa shape index (κ2) is 8.43. The molecule has 3 heterocycles. The average molecular weight is 477 g/mol. The molecule has 0 spiro atoms. The maximum atomic E-state index is 15.5. The van der Waals surface area contributed by atoms with Crippen molar-refractivity contribution in [3.05, 3.63) is 53.1 Å². The first-order chi connectivity index (χ1) is 16.9. The summed E-state index contributed by atoms with van der Waals surface area (Å²) in [5.74, 6) is -1.87. The van der Waals surface area contributed by atoms with Crippen LogP contribution in [0.3, 0.4) is 0 Å². The molecule has 0 bridgehead atoms. The van der Waals surface area contributed by atoms with E-state index in [0.29, 0.717) is 40.5 Å². The van der Waals surface area contributed by atoms with Gasteiger partial charge in [-0.25, -0.2) is 13.9 Å². The fraction of sp³-hybridized carbons (Fsp3) is 0.481. The maximum Gasteiger partial charge on any atom is 0.307 e. The highest BCUT2D eigenvalue weighted by Crippen LogP contribution is 2.49. The Morgan fingerprint density at radius 1 is 1.11 bits per heavy atom. The number of aromatic nitrogens is 3. The Kier molecular flexibility index (Phi) is 5.34. The summed E-state index contributed by atoms with van der Waals surface area (Å²) >= 11 is 0. The summed E-state index contributed by atoms with van der Waals surface area (Å²) < 4.78 is 17.2. The molecule has 1 saturated heterocycles. The number of carboxylic acids is 1. The standard InChI is InChI=1S/C27H29FN4O3/c1-15-6-3-2-4-11-31(15)26(33)22-13-23(16-9-10-16)32-24(29-22)14-21(30-32)18-8-5-7-17(25(18)28)19-12-20(19)27(34)35/h5,7-8,13-16,19-20H,2-4,6,9-12H2,1H3,(H,34,35)/t15-,19?,20?/m1/s1. The van der Waals surface area contributed by atoms with Crippen LogP contribution >= 0.6 is 0 Å². The summed E-state index contributed by atoms with van der Waals surface area (Å²) in [4.78, 5) is 31.4. The van der Waals surface area contributed by atoms with Crippen LogP contribution in [0.15, 0.2) is 30.3 Å². The lowest BCUT2D eigenvalue weighted by atomic mass is 10.0. The zero-order valence-corrected chi connectivity index (χ0v) is 19.8. The molecule has 1 N–H and O–H groups in total. The summed E-state index contributed by atoms with van der Waals surface area (Å²) in [6.45, 7) is 2.84. The van der Waals surface area contributed by atoms with Crippen molar-refractivity contribution < 1.29 is 19.1 Å². The molecular formula is C27H29FN4O3. The van der Waals surface area contributed by atoms with Crippen molar-refractivity contribution in [1.82, 2.24) is 19.5 Å². The Balaban J connectivity index is 1.39. The minimum absolute atomic E-state index is 0.0480. The number of carbonyl (C=O) groups excluding carboxylic acids is 1. The SMILES string of the molecule is C[C@@H]1CCCCCN1C(=O)c1cc(C2CC2)n2nc(-c3cccc(C4CC4C(=O)O)c3F)cc2n1. The highest BCUT2D eigenvalue weighted by Gasteiger charge is 2.45. The van der Waals surface area contributed by atoms with E-state index in [2.05, 4.69) is 11.9 Å². The van der Waals surface area contributed by atoms with Gasteiger partial charge in [0, 0.05) is 41.7 Å². The van der Waals surface area contributed by atoms with Crippen LogP contribution in [0.25, 0.3) is 16.9 Å². The predicted molar refractivity (Wildman–Crippen MR) is 128 cm³/mol. The van der Waals surface area contributed by atoms with Crippen LogP contribution in [-0.2, 0) is 4.79 Å². The first-order valence-corrected chi connectivity index (χ1v) is 12.7. The third-order valence-corrected chi connectivity index (χ3v) is 7.79. The predicted octanol–water partition coefficient (Wildman–Crippen LogP) is 5.01. The smallest absolute Gasteiger partial charge is 0.307 e. The van der Waals surface area contributed by atoms with E-state index in [9.17, 15) is 14.7 Å². The third-order valence-electron chi connectivity index (χ3n) is 7.79. The maximum absolute atomic E-state index is 15.5. The van der Waals surface area contributed by atoms with Crippen molar-refractivity contribution in [1.29, 1.82) is 0 Å². The lowest BCUT2D eigenvalue weighted by Crippen LogP contribution is -2.38. The van der Waals surface area contributed by atoms with Crippen molar-refractivity contribution in [2.45, 2.75) is 69.7 Å². The van der Waals surface area contributed by atoms with Crippen LogP contribution in [0.1, 0.15) is 85.5 Å². The molecule has 1 aliphatic heterocycles. The summed E-state index contributed by atoms with van der Waals surface area (Å²) in [5, 5.41) is 14.0. The van der Waals surface area contributed by atoms with E-state index in [-0.39, 0.29) is 17.9 Å². The number of hydrogen-bond donors (Lipinski definition) is 1. The number of nitrogens with zero attached hydrogens (tertiary/aromatic N) is 4. The minimum atomic E-state index is -0.887. The van der Waals surface area contributed by atoms with Gasteiger partial charge in [-0.05, 0) is 56.7 Å².